The summed E-state index contributed by atoms with van der Waals surface area (Å²) in [5.74, 6) is 0. The van der Waals surface area contributed by atoms with Gasteiger partial charge < -0.3 is 0 Å². The molecule has 0 bridgehead atoms. The summed E-state index contributed by atoms with van der Waals surface area (Å²) >= 11 is 0. The van der Waals surface area contributed by atoms with Gasteiger partial charge in [-0.25, -0.2) is 9.97 Å². The Bertz CT molecular complexity index is 886. The Labute approximate surface area is 380 Å². The smallest absolute Gasteiger partial charge is 0.115 e. The minimum Gasteiger partial charge on any atom is -0.241 e. The zero-order valence-electron chi connectivity index (χ0n) is 42.0. The molecule has 0 saturated heterocycles. The summed E-state index contributed by atoms with van der Waals surface area (Å²) in [7, 11) is 0. The molecule has 0 aliphatic heterocycles. The number of hydrogen-bond acceptors (Lipinski definition) is 2. The molecule has 0 N–H and O–H groups in total. The molecule has 354 valence electrons. The van der Waals surface area contributed by atoms with Crippen LogP contribution in [0.1, 0.15) is 346 Å². The van der Waals surface area contributed by atoms with Crippen LogP contribution in [-0.4, -0.2) is 9.97 Å². The van der Waals surface area contributed by atoms with Crippen molar-refractivity contribution < 1.29 is 0 Å². The average Bonchev–Trinajstić information content (AvgIpc) is 3.26. The van der Waals surface area contributed by atoms with Gasteiger partial charge in [0.05, 0.1) is 0 Å². The lowest BCUT2D eigenvalue weighted by Crippen LogP contribution is -2.07. The molecule has 1 heterocycles. The highest BCUT2D eigenvalue weighted by atomic mass is 14.8. The van der Waals surface area contributed by atoms with Gasteiger partial charge in [0.15, 0.2) is 0 Å². The van der Waals surface area contributed by atoms with Crippen molar-refractivity contribution >= 4 is 0 Å². The monoisotopic (exact) mass is 837 g/mol. The van der Waals surface area contributed by atoms with Crippen LogP contribution in [0.15, 0.2) is 6.33 Å². The van der Waals surface area contributed by atoms with Crippen LogP contribution in [0.3, 0.4) is 0 Å². The molecule has 0 amide bonds. The van der Waals surface area contributed by atoms with Crippen molar-refractivity contribution in [1.82, 2.24) is 9.97 Å². The number of rotatable bonds is 51. The Morgan fingerprint density at radius 2 is 0.383 bits per heavy atom. The van der Waals surface area contributed by atoms with Gasteiger partial charge in [-0.2, -0.15) is 0 Å². The predicted octanol–water partition coefficient (Wildman–Crippen LogP) is 20.9. The highest BCUT2D eigenvalue weighted by Crippen LogP contribution is 2.22. The van der Waals surface area contributed by atoms with Gasteiger partial charge in [0, 0.05) is 11.4 Å². The molecule has 2 heteroatoms. The van der Waals surface area contributed by atoms with Gasteiger partial charge in [-0.05, 0) is 44.1 Å². The first-order valence-electron chi connectivity index (χ1n) is 28.6. The Kier molecular flexibility index (Phi) is 46.7. The van der Waals surface area contributed by atoms with Crippen LogP contribution in [0.2, 0.25) is 0 Å². The minimum absolute atomic E-state index is 1.17. The normalized spacial score (nSPS) is 11.7. The fourth-order valence-electron chi connectivity index (χ4n) is 9.74. The summed E-state index contributed by atoms with van der Waals surface area (Å²) in [5.41, 5.74) is 4.37. The zero-order valence-corrected chi connectivity index (χ0v) is 42.0. The lowest BCUT2D eigenvalue weighted by Gasteiger charge is -2.14. The maximum Gasteiger partial charge on any atom is 0.115 e. The fourth-order valence-corrected chi connectivity index (χ4v) is 9.74. The fraction of sp³-hybridized carbons (Fsp3) is 0.931. The lowest BCUT2D eigenvalue weighted by atomic mass is 9.96. The maximum absolute atomic E-state index is 4.95. The largest absolute Gasteiger partial charge is 0.241 e. The van der Waals surface area contributed by atoms with Crippen molar-refractivity contribution in [3.63, 3.8) is 0 Å². The Balaban J connectivity index is 2.30. The van der Waals surface area contributed by atoms with E-state index in [2.05, 4.69) is 20.8 Å². The van der Waals surface area contributed by atoms with E-state index in [1.807, 2.05) is 6.33 Å². The second kappa shape index (κ2) is 49.1. The quantitative estimate of drug-likeness (QED) is 0.0611. The van der Waals surface area contributed by atoms with E-state index < -0.39 is 0 Å². The molecule has 0 aliphatic carbocycles. The van der Waals surface area contributed by atoms with E-state index in [1.54, 1.807) is 5.56 Å². The molecule has 0 aliphatic rings. The summed E-state index contributed by atoms with van der Waals surface area (Å²) in [6, 6.07) is 0. The van der Waals surface area contributed by atoms with Crippen LogP contribution in [0.4, 0.5) is 0 Å². The summed E-state index contributed by atoms with van der Waals surface area (Å²) in [6.07, 6.45) is 74.3. The first-order valence-corrected chi connectivity index (χ1v) is 28.6. The first kappa shape index (κ1) is 57.1. The van der Waals surface area contributed by atoms with Crippen molar-refractivity contribution in [2.45, 2.75) is 348 Å². The molecule has 0 unspecified atom stereocenters. The maximum atomic E-state index is 4.95. The van der Waals surface area contributed by atoms with Gasteiger partial charge >= 0.3 is 0 Å². The van der Waals surface area contributed by atoms with Crippen molar-refractivity contribution in [3.05, 3.63) is 23.3 Å². The van der Waals surface area contributed by atoms with Gasteiger partial charge in [-0.1, -0.05) is 310 Å². The predicted molar refractivity (Wildman–Crippen MR) is 272 cm³/mol. The van der Waals surface area contributed by atoms with E-state index in [0.29, 0.717) is 0 Å². The van der Waals surface area contributed by atoms with Gasteiger partial charge in [0.2, 0.25) is 0 Å². The Morgan fingerprint density at radius 3 is 0.583 bits per heavy atom. The Morgan fingerprint density at radius 1 is 0.217 bits per heavy atom. The van der Waals surface area contributed by atoms with Crippen molar-refractivity contribution in [1.29, 1.82) is 0 Å². The molecule has 1 aromatic heterocycles. The van der Waals surface area contributed by atoms with Gasteiger partial charge in [-0.3, -0.25) is 0 Å². The third-order valence-electron chi connectivity index (χ3n) is 13.9. The second-order valence-electron chi connectivity index (χ2n) is 19.9. The second-order valence-corrected chi connectivity index (χ2v) is 19.9. The average molecular weight is 838 g/mol. The molecular formula is C58H112N2. The molecule has 0 aromatic carbocycles. The van der Waals surface area contributed by atoms with Gasteiger partial charge in [0.25, 0.3) is 0 Å². The van der Waals surface area contributed by atoms with Crippen molar-refractivity contribution in [3.8, 4) is 0 Å². The highest BCUT2D eigenvalue weighted by Gasteiger charge is 2.12. The van der Waals surface area contributed by atoms with E-state index in [-0.39, 0.29) is 0 Å². The molecule has 0 saturated carbocycles. The number of nitrogens with zero attached hydrogens (tertiary/aromatic N) is 2. The minimum atomic E-state index is 1.17. The van der Waals surface area contributed by atoms with Crippen LogP contribution in [0.5, 0.6) is 0 Å². The van der Waals surface area contributed by atoms with E-state index >= 15 is 0 Å². The third-order valence-corrected chi connectivity index (χ3v) is 13.9. The first-order chi connectivity index (χ1) is 29.8. The molecule has 0 atom stereocenters. The molecule has 1 aromatic rings. The van der Waals surface area contributed by atoms with E-state index in [4.69, 9.17) is 9.97 Å². The molecule has 0 fully saturated rings. The van der Waals surface area contributed by atoms with E-state index in [0.717, 1.165) is 0 Å². The molecule has 0 radical (unpaired) electrons. The van der Waals surface area contributed by atoms with Crippen LogP contribution < -0.4 is 0 Å². The zero-order chi connectivity index (χ0) is 42.9. The number of unbranched alkanes of at least 4 members (excludes halogenated alkanes) is 45. The van der Waals surface area contributed by atoms with Crippen LogP contribution in [0.25, 0.3) is 0 Å². The van der Waals surface area contributed by atoms with Crippen LogP contribution in [0, 0.1) is 0 Å². The standard InChI is InChI=1S/C58H112N2/c1-4-7-10-13-16-19-22-25-28-31-34-37-40-43-46-49-52-56-57(53-50-47-44-41-38-35-32-29-26-23-20-17-14-11-8-5-2)59-55-60-58(56)54-51-48-45-42-39-36-33-30-27-24-21-18-15-12-9-6-3/h55H,4-54H2,1-3H3. The highest BCUT2D eigenvalue weighted by molar-refractivity contribution is 5.25. The molecule has 0 spiro atoms. The molecule has 60 heavy (non-hydrogen) atoms. The molecule has 2 nitrogen and oxygen atoms in total. The topological polar surface area (TPSA) is 25.8 Å². The number of aromatic nitrogens is 2. The SMILES string of the molecule is CCCCCCCCCCCCCCCCCCc1ncnc(CCCCCCCCCCCCCCCCCC)c1CCCCCCCCCCCCCCCCCC. The number of hydrogen-bond donors (Lipinski definition) is 0. The van der Waals surface area contributed by atoms with E-state index in [9.17, 15) is 0 Å². The molecule has 1 rings (SSSR count). The summed E-state index contributed by atoms with van der Waals surface area (Å²) in [5, 5.41) is 0. The lowest BCUT2D eigenvalue weighted by molar-refractivity contribution is 0.526. The third kappa shape index (κ3) is 39.9. The van der Waals surface area contributed by atoms with Crippen LogP contribution >= 0.6 is 0 Å². The Hall–Kier alpha value is -0.920. The summed E-state index contributed by atoms with van der Waals surface area (Å²) in [6.45, 7) is 6.95. The summed E-state index contributed by atoms with van der Waals surface area (Å²) < 4.78 is 0. The van der Waals surface area contributed by atoms with Gasteiger partial charge in [-0.15, -0.1) is 0 Å². The number of aryl methyl sites for hydroxylation is 2. The molecular weight excluding hydrogens is 725 g/mol. The van der Waals surface area contributed by atoms with Gasteiger partial charge in [0.1, 0.15) is 6.33 Å². The summed E-state index contributed by atoms with van der Waals surface area (Å²) in [4.78, 5) is 9.90. The van der Waals surface area contributed by atoms with E-state index in [1.165, 1.54) is 339 Å². The van der Waals surface area contributed by atoms with Crippen molar-refractivity contribution in [2.24, 2.45) is 0 Å². The van der Waals surface area contributed by atoms with Crippen molar-refractivity contribution in [2.75, 3.05) is 0 Å². The van der Waals surface area contributed by atoms with Crippen LogP contribution in [-0.2, 0) is 19.3 Å².